The molecule has 1 aromatic heterocycles. The van der Waals surface area contributed by atoms with E-state index in [1.165, 1.54) is 7.11 Å². The molecule has 1 unspecified atom stereocenters. The lowest BCUT2D eigenvalue weighted by atomic mass is 9.96. The second kappa shape index (κ2) is 10.9. The topological polar surface area (TPSA) is 65.5 Å². The summed E-state index contributed by atoms with van der Waals surface area (Å²) >= 11 is 0. The van der Waals surface area contributed by atoms with Crippen molar-refractivity contribution in [3.05, 3.63) is 88.2 Å². The van der Waals surface area contributed by atoms with Crippen LogP contribution in [-0.4, -0.2) is 24.0 Å². The minimum absolute atomic E-state index is 0.404. The lowest BCUT2D eigenvalue weighted by Crippen LogP contribution is -2.14. The molecule has 1 heterocycles. The molecule has 5 nitrogen and oxygen atoms in total. The number of rotatable bonds is 8. The van der Waals surface area contributed by atoms with Crippen molar-refractivity contribution in [3.63, 3.8) is 0 Å². The molecule has 0 fully saturated rings. The Morgan fingerprint density at radius 1 is 0.970 bits per heavy atom. The molecule has 0 aliphatic carbocycles. The number of pyridine rings is 1. The second-order valence-corrected chi connectivity index (χ2v) is 8.25. The Hall–Kier alpha value is -3.47. The Labute approximate surface area is 195 Å². The smallest absolute Gasteiger partial charge is 0.341 e. The summed E-state index contributed by atoms with van der Waals surface area (Å²) in [5, 5.41) is 0. The molecular formula is C28H31NO4. The minimum Gasteiger partial charge on any atom is -0.465 e. The van der Waals surface area contributed by atoms with Crippen LogP contribution in [0.2, 0.25) is 0 Å². The maximum atomic E-state index is 13.3. The van der Waals surface area contributed by atoms with Gasteiger partial charge in [0, 0.05) is 5.69 Å². The molecule has 0 aliphatic rings. The summed E-state index contributed by atoms with van der Waals surface area (Å²) in [6.45, 7) is 7.86. The summed E-state index contributed by atoms with van der Waals surface area (Å²) in [6, 6.07) is 17.0. The van der Waals surface area contributed by atoms with Crippen molar-refractivity contribution in [3.8, 4) is 11.1 Å². The van der Waals surface area contributed by atoms with Gasteiger partial charge in [-0.1, -0.05) is 55.3 Å². The summed E-state index contributed by atoms with van der Waals surface area (Å²) < 4.78 is 10.6. The third-order valence-electron chi connectivity index (χ3n) is 5.69. The Bertz CT molecular complexity index is 1120. The van der Waals surface area contributed by atoms with Crippen LogP contribution in [0.15, 0.2) is 54.6 Å². The first-order valence-corrected chi connectivity index (χ1v) is 11.3. The monoisotopic (exact) mass is 445 g/mol. The fourth-order valence-electron chi connectivity index (χ4n) is 3.74. The summed E-state index contributed by atoms with van der Waals surface area (Å²) in [5.74, 6) is -0.819. The molecule has 0 aliphatic heterocycles. The van der Waals surface area contributed by atoms with Crippen molar-refractivity contribution >= 4 is 11.9 Å². The zero-order valence-corrected chi connectivity index (χ0v) is 20.0. The number of carbonyl (C=O) groups is 2. The van der Waals surface area contributed by atoms with E-state index in [9.17, 15) is 9.59 Å². The molecular weight excluding hydrogens is 414 g/mol. The van der Waals surface area contributed by atoms with Crippen molar-refractivity contribution in [2.45, 2.75) is 53.1 Å². The highest BCUT2D eigenvalue weighted by Gasteiger charge is 2.22. The molecule has 172 valence electrons. The van der Waals surface area contributed by atoms with Gasteiger partial charge in [0.2, 0.25) is 0 Å². The number of hydrogen-bond acceptors (Lipinski definition) is 5. The number of nitrogens with zero attached hydrogens (tertiary/aromatic N) is 1. The Kier molecular flexibility index (Phi) is 7.99. The number of carbonyl (C=O) groups excluding carboxylic acids is 2. The standard InChI is InChI=1S/C28H31NO4/c1-6-7-8-24-17-25(22-11-9-18(2)10-12-22)26(19(3)29-24)28(31)33-20(4)21-13-15-23(16-14-21)27(30)32-5/h9-17,20H,6-8H2,1-5H3. The summed E-state index contributed by atoms with van der Waals surface area (Å²) in [7, 11) is 1.34. The van der Waals surface area contributed by atoms with Crippen LogP contribution < -0.4 is 0 Å². The highest BCUT2D eigenvalue weighted by Crippen LogP contribution is 2.30. The molecule has 0 radical (unpaired) electrons. The summed E-state index contributed by atoms with van der Waals surface area (Å²) in [6.07, 6.45) is 2.50. The van der Waals surface area contributed by atoms with Crippen molar-refractivity contribution in [2.75, 3.05) is 7.11 Å². The van der Waals surface area contributed by atoms with E-state index in [0.717, 1.165) is 47.2 Å². The normalized spacial score (nSPS) is 11.7. The maximum Gasteiger partial charge on any atom is 0.341 e. The number of unbranched alkanes of at least 4 members (excludes halogenated alkanes) is 1. The zero-order valence-electron chi connectivity index (χ0n) is 20.0. The van der Waals surface area contributed by atoms with Crippen molar-refractivity contribution in [1.82, 2.24) is 4.98 Å². The average molecular weight is 446 g/mol. The van der Waals surface area contributed by atoms with Crippen LogP contribution in [0.5, 0.6) is 0 Å². The first-order valence-electron chi connectivity index (χ1n) is 11.3. The first-order chi connectivity index (χ1) is 15.8. The molecule has 0 saturated carbocycles. The average Bonchev–Trinajstić information content (AvgIpc) is 2.82. The second-order valence-electron chi connectivity index (χ2n) is 8.25. The molecule has 0 N–H and O–H groups in total. The number of aromatic nitrogens is 1. The largest absolute Gasteiger partial charge is 0.465 e. The molecule has 33 heavy (non-hydrogen) atoms. The quantitative estimate of drug-likeness (QED) is 0.375. The van der Waals surface area contributed by atoms with E-state index in [4.69, 9.17) is 14.5 Å². The SMILES string of the molecule is CCCCc1cc(-c2ccc(C)cc2)c(C(=O)OC(C)c2ccc(C(=O)OC)cc2)c(C)n1. The van der Waals surface area contributed by atoms with Crippen molar-refractivity contribution in [2.24, 2.45) is 0 Å². The molecule has 5 heteroatoms. The van der Waals surface area contributed by atoms with Crippen LogP contribution in [0, 0.1) is 13.8 Å². The van der Waals surface area contributed by atoms with Crippen LogP contribution in [0.1, 0.15) is 76.0 Å². The van der Waals surface area contributed by atoms with Gasteiger partial charge in [0.15, 0.2) is 0 Å². The van der Waals surface area contributed by atoms with Gasteiger partial charge in [-0.25, -0.2) is 9.59 Å². The number of aryl methyl sites for hydroxylation is 3. The maximum absolute atomic E-state index is 13.3. The number of esters is 2. The number of methoxy groups -OCH3 is 1. The predicted octanol–water partition coefficient (Wildman–Crippen LogP) is 6.41. The van der Waals surface area contributed by atoms with Gasteiger partial charge in [-0.2, -0.15) is 0 Å². The van der Waals surface area contributed by atoms with E-state index in [1.807, 2.05) is 51.1 Å². The molecule has 3 rings (SSSR count). The summed E-state index contributed by atoms with van der Waals surface area (Å²) in [5.41, 5.74) is 6.33. The molecule has 2 aromatic carbocycles. The summed E-state index contributed by atoms with van der Waals surface area (Å²) in [4.78, 5) is 29.7. The fraction of sp³-hybridized carbons (Fsp3) is 0.321. The van der Waals surface area contributed by atoms with Crippen LogP contribution in [-0.2, 0) is 15.9 Å². The molecule has 0 saturated heterocycles. The van der Waals surface area contributed by atoms with Gasteiger partial charge in [0.25, 0.3) is 0 Å². The Balaban J connectivity index is 1.92. The van der Waals surface area contributed by atoms with E-state index in [1.54, 1.807) is 24.3 Å². The Morgan fingerprint density at radius 3 is 2.24 bits per heavy atom. The van der Waals surface area contributed by atoms with Crippen molar-refractivity contribution in [1.29, 1.82) is 0 Å². The molecule has 3 aromatic rings. The van der Waals surface area contributed by atoms with Gasteiger partial charge < -0.3 is 9.47 Å². The molecule has 0 bridgehead atoms. The van der Waals surface area contributed by atoms with Crippen LogP contribution in [0.25, 0.3) is 11.1 Å². The van der Waals surface area contributed by atoms with Crippen LogP contribution >= 0.6 is 0 Å². The fourth-order valence-corrected chi connectivity index (χ4v) is 3.74. The number of hydrogen-bond donors (Lipinski definition) is 0. The van der Waals surface area contributed by atoms with E-state index < -0.39 is 18.0 Å². The minimum atomic E-state index is -0.491. The third kappa shape index (κ3) is 5.86. The molecule has 0 amide bonds. The lowest BCUT2D eigenvalue weighted by molar-refractivity contribution is 0.0336. The van der Waals surface area contributed by atoms with Crippen LogP contribution in [0.4, 0.5) is 0 Å². The Morgan fingerprint density at radius 2 is 1.64 bits per heavy atom. The van der Waals surface area contributed by atoms with E-state index >= 15 is 0 Å². The first kappa shape index (κ1) is 24.2. The molecule has 0 spiro atoms. The number of ether oxygens (including phenoxy) is 2. The highest BCUT2D eigenvalue weighted by molar-refractivity contribution is 5.98. The van der Waals surface area contributed by atoms with Gasteiger partial charge in [0.05, 0.1) is 23.9 Å². The van der Waals surface area contributed by atoms with E-state index in [2.05, 4.69) is 6.92 Å². The number of benzene rings is 2. The van der Waals surface area contributed by atoms with E-state index in [0.29, 0.717) is 16.8 Å². The van der Waals surface area contributed by atoms with Gasteiger partial charge >= 0.3 is 11.9 Å². The molecule has 1 atom stereocenters. The van der Waals surface area contributed by atoms with E-state index in [-0.39, 0.29) is 0 Å². The predicted molar refractivity (Wildman–Crippen MR) is 129 cm³/mol. The zero-order chi connectivity index (χ0) is 24.0. The van der Waals surface area contributed by atoms with Crippen LogP contribution in [0.3, 0.4) is 0 Å². The van der Waals surface area contributed by atoms with Gasteiger partial charge in [-0.15, -0.1) is 0 Å². The van der Waals surface area contributed by atoms with Gasteiger partial charge in [-0.05, 0) is 68.5 Å². The van der Waals surface area contributed by atoms with Crippen molar-refractivity contribution < 1.29 is 19.1 Å². The van der Waals surface area contributed by atoms with Gasteiger partial charge in [-0.3, -0.25) is 4.98 Å². The van der Waals surface area contributed by atoms with Gasteiger partial charge in [0.1, 0.15) is 6.10 Å². The lowest BCUT2D eigenvalue weighted by Gasteiger charge is -2.18. The third-order valence-corrected chi connectivity index (χ3v) is 5.69. The highest BCUT2D eigenvalue weighted by atomic mass is 16.5.